The Bertz CT molecular complexity index is 1360. The highest BCUT2D eigenvalue weighted by molar-refractivity contribution is 8.26. The van der Waals surface area contributed by atoms with Crippen molar-refractivity contribution in [3.05, 3.63) is 93.3 Å². The molecule has 0 radical (unpaired) electrons. The van der Waals surface area contributed by atoms with Gasteiger partial charge in [0, 0.05) is 25.8 Å². The highest BCUT2D eigenvalue weighted by Crippen LogP contribution is 2.34. The van der Waals surface area contributed by atoms with Crippen LogP contribution in [0.4, 0.5) is 5.82 Å². The van der Waals surface area contributed by atoms with E-state index in [0.717, 1.165) is 13.0 Å². The lowest BCUT2D eigenvalue weighted by atomic mass is 9.99. The lowest BCUT2D eigenvalue weighted by molar-refractivity contribution is -0.121. The number of aromatic nitrogens is 2. The van der Waals surface area contributed by atoms with Crippen molar-refractivity contribution in [2.24, 2.45) is 0 Å². The fourth-order valence-corrected chi connectivity index (χ4v) is 5.31. The van der Waals surface area contributed by atoms with Crippen molar-refractivity contribution >= 4 is 51.7 Å². The number of thioether (sulfide) groups is 1. The van der Waals surface area contributed by atoms with E-state index in [-0.39, 0.29) is 11.5 Å². The summed E-state index contributed by atoms with van der Waals surface area (Å²) in [6, 6.07) is 13.8. The molecule has 0 N–H and O–H groups in total. The number of rotatable bonds is 4. The Morgan fingerprint density at radius 1 is 1.12 bits per heavy atom. The Hall–Kier alpha value is -3.23. The summed E-state index contributed by atoms with van der Waals surface area (Å²) in [6.45, 7) is 5.43. The number of pyridine rings is 1. The summed E-state index contributed by atoms with van der Waals surface area (Å²) in [5.41, 5.74) is 3.29. The molecule has 6 nitrogen and oxygen atoms in total. The van der Waals surface area contributed by atoms with Crippen molar-refractivity contribution in [2.45, 2.75) is 13.0 Å². The number of nitrogens with zero attached hydrogens (tertiary/aromatic N) is 4. The number of hydrogen-bond donors (Lipinski definition) is 0. The largest absolute Gasteiger partial charge is 0.351 e. The molecule has 1 amide bonds. The number of carbonyl (C=O) groups is 1. The summed E-state index contributed by atoms with van der Waals surface area (Å²) in [7, 11) is 0. The molecular formula is C24H20N4O2S2. The molecule has 4 heterocycles. The molecule has 0 atom stereocenters. The number of fused-ring (bicyclic) bond motifs is 2. The summed E-state index contributed by atoms with van der Waals surface area (Å²) in [5.74, 6) is 0.372. The maximum absolute atomic E-state index is 13.5. The van der Waals surface area contributed by atoms with Gasteiger partial charge < -0.3 is 4.90 Å². The van der Waals surface area contributed by atoms with Crippen LogP contribution >= 0.6 is 24.0 Å². The monoisotopic (exact) mass is 460 g/mol. The first-order chi connectivity index (χ1) is 15.6. The van der Waals surface area contributed by atoms with Gasteiger partial charge in [0.2, 0.25) is 0 Å². The number of hydrogen-bond acceptors (Lipinski definition) is 6. The summed E-state index contributed by atoms with van der Waals surface area (Å²) in [6.07, 6.45) is 5.84. The molecule has 1 fully saturated rings. The van der Waals surface area contributed by atoms with E-state index in [1.54, 1.807) is 24.4 Å². The number of benzene rings is 1. The lowest BCUT2D eigenvalue weighted by Gasteiger charge is -2.30. The Labute approximate surface area is 194 Å². The molecule has 160 valence electrons. The van der Waals surface area contributed by atoms with Gasteiger partial charge in [0.1, 0.15) is 15.8 Å². The fourth-order valence-electron chi connectivity index (χ4n) is 4.05. The topological polar surface area (TPSA) is 57.9 Å². The minimum absolute atomic E-state index is 0.210. The van der Waals surface area contributed by atoms with Gasteiger partial charge in [-0.1, -0.05) is 60.4 Å². The predicted molar refractivity (Wildman–Crippen MR) is 133 cm³/mol. The quantitative estimate of drug-likeness (QED) is 0.337. The van der Waals surface area contributed by atoms with Gasteiger partial charge in [-0.3, -0.25) is 18.9 Å². The fraction of sp³-hybridized carbons (Fsp3) is 0.167. The average molecular weight is 461 g/mol. The van der Waals surface area contributed by atoms with Crippen LogP contribution in [0.15, 0.2) is 71.0 Å². The van der Waals surface area contributed by atoms with Gasteiger partial charge in [0.25, 0.3) is 11.5 Å². The average Bonchev–Trinajstić information content (AvgIpc) is 3.08. The van der Waals surface area contributed by atoms with Crippen molar-refractivity contribution < 1.29 is 4.79 Å². The highest BCUT2D eigenvalue weighted by atomic mass is 32.2. The SMILES string of the molecule is C=CCN1C(=O)/C(=C/c2c(N3CCc4ccccc4C3)nc3ccccn3c2=O)SC1=S. The Morgan fingerprint density at radius 3 is 2.72 bits per heavy atom. The second-order valence-corrected chi connectivity index (χ2v) is 9.28. The van der Waals surface area contributed by atoms with Crippen LogP contribution in [0.3, 0.4) is 0 Å². The van der Waals surface area contributed by atoms with Crippen LogP contribution in [0, 0.1) is 0 Å². The van der Waals surface area contributed by atoms with Crippen LogP contribution in [0.2, 0.25) is 0 Å². The minimum Gasteiger partial charge on any atom is -0.351 e. The molecule has 0 saturated carbocycles. The predicted octanol–water partition coefficient (Wildman–Crippen LogP) is 3.64. The van der Waals surface area contributed by atoms with Crippen molar-refractivity contribution in [3.8, 4) is 0 Å². The standard InChI is InChI=1S/C24H20N4O2S2/c1-2-11-28-23(30)19(32-24(28)31)14-18-21(25-20-9-5-6-12-27(20)22(18)29)26-13-10-16-7-3-4-8-17(16)15-26/h2-9,12,14H,1,10-11,13,15H2/b19-14-. The Balaban J connectivity index is 1.65. The molecular weight excluding hydrogens is 440 g/mol. The van der Waals surface area contributed by atoms with E-state index in [0.29, 0.717) is 39.3 Å². The molecule has 5 rings (SSSR count). The number of anilines is 1. The lowest BCUT2D eigenvalue weighted by Crippen LogP contribution is -2.34. The second-order valence-electron chi connectivity index (χ2n) is 7.60. The van der Waals surface area contributed by atoms with Gasteiger partial charge in [0.05, 0.1) is 10.5 Å². The van der Waals surface area contributed by atoms with Gasteiger partial charge >= 0.3 is 0 Å². The van der Waals surface area contributed by atoms with E-state index in [1.165, 1.54) is 32.2 Å². The van der Waals surface area contributed by atoms with E-state index in [2.05, 4.69) is 23.6 Å². The van der Waals surface area contributed by atoms with Crippen molar-refractivity contribution in [1.82, 2.24) is 14.3 Å². The van der Waals surface area contributed by atoms with Gasteiger partial charge in [-0.25, -0.2) is 4.98 Å². The molecule has 0 unspecified atom stereocenters. The molecule has 2 aromatic heterocycles. The third kappa shape index (κ3) is 3.55. The van der Waals surface area contributed by atoms with Gasteiger partial charge in [-0.15, -0.1) is 6.58 Å². The summed E-state index contributed by atoms with van der Waals surface area (Å²) in [4.78, 5) is 35.2. The van der Waals surface area contributed by atoms with Crippen molar-refractivity contribution in [3.63, 3.8) is 0 Å². The summed E-state index contributed by atoms with van der Waals surface area (Å²) in [5, 5.41) is 0. The number of amides is 1. The van der Waals surface area contributed by atoms with E-state index < -0.39 is 0 Å². The zero-order valence-electron chi connectivity index (χ0n) is 17.2. The Kier molecular flexibility index (Phi) is 5.40. The van der Waals surface area contributed by atoms with Crippen LogP contribution < -0.4 is 10.5 Å². The molecule has 0 aliphatic carbocycles. The molecule has 3 aromatic rings. The first kappa shape index (κ1) is 20.7. The smallest absolute Gasteiger partial charge is 0.267 e. The molecule has 0 bridgehead atoms. The zero-order valence-corrected chi connectivity index (χ0v) is 18.9. The Morgan fingerprint density at radius 2 is 1.91 bits per heavy atom. The third-order valence-corrected chi connectivity index (χ3v) is 7.02. The maximum Gasteiger partial charge on any atom is 0.267 e. The van der Waals surface area contributed by atoms with E-state index in [4.69, 9.17) is 17.2 Å². The molecule has 32 heavy (non-hydrogen) atoms. The van der Waals surface area contributed by atoms with E-state index in [9.17, 15) is 9.59 Å². The normalized spacial score (nSPS) is 17.3. The molecule has 2 aliphatic heterocycles. The highest BCUT2D eigenvalue weighted by Gasteiger charge is 2.32. The molecule has 0 spiro atoms. The second kappa shape index (κ2) is 8.37. The third-order valence-electron chi connectivity index (χ3n) is 5.64. The van der Waals surface area contributed by atoms with Crippen molar-refractivity contribution in [2.75, 3.05) is 18.0 Å². The van der Waals surface area contributed by atoms with Crippen LogP contribution in [0.25, 0.3) is 11.7 Å². The first-order valence-electron chi connectivity index (χ1n) is 10.3. The molecule has 8 heteroatoms. The molecule has 1 saturated heterocycles. The van der Waals surface area contributed by atoms with Gasteiger partial charge in [0.15, 0.2) is 0 Å². The summed E-state index contributed by atoms with van der Waals surface area (Å²) >= 11 is 6.56. The van der Waals surface area contributed by atoms with Crippen LogP contribution in [0.1, 0.15) is 16.7 Å². The van der Waals surface area contributed by atoms with Crippen molar-refractivity contribution in [1.29, 1.82) is 0 Å². The van der Waals surface area contributed by atoms with Gasteiger partial charge in [-0.05, 0) is 35.8 Å². The van der Waals surface area contributed by atoms with Crippen LogP contribution in [0.5, 0.6) is 0 Å². The zero-order chi connectivity index (χ0) is 22.2. The van der Waals surface area contributed by atoms with Gasteiger partial charge in [-0.2, -0.15) is 0 Å². The summed E-state index contributed by atoms with van der Waals surface area (Å²) < 4.78 is 1.97. The van der Waals surface area contributed by atoms with E-state index >= 15 is 0 Å². The van der Waals surface area contributed by atoms with Crippen LogP contribution in [-0.2, 0) is 17.8 Å². The maximum atomic E-state index is 13.5. The molecule has 2 aliphatic rings. The van der Waals surface area contributed by atoms with E-state index in [1.807, 2.05) is 24.3 Å². The first-order valence-corrected chi connectivity index (χ1v) is 11.5. The number of thiocarbonyl (C=S) groups is 1. The minimum atomic E-state index is -0.215. The number of carbonyl (C=O) groups excluding carboxylic acids is 1. The molecule has 1 aromatic carbocycles. The van der Waals surface area contributed by atoms with Crippen LogP contribution in [-0.4, -0.2) is 37.6 Å².